The molecule has 0 bridgehead atoms. The molecule has 0 aliphatic rings. The van der Waals surface area contributed by atoms with Crippen LogP contribution in [0.2, 0.25) is 0 Å². The maximum atomic E-state index is 13.1. The van der Waals surface area contributed by atoms with Crippen LogP contribution in [0, 0.1) is 5.82 Å². The van der Waals surface area contributed by atoms with Crippen LogP contribution >= 0.6 is 0 Å². The summed E-state index contributed by atoms with van der Waals surface area (Å²) in [6.45, 7) is 1.43. The van der Waals surface area contributed by atoms with Crippen molar-refractivity contribution in [1.82, 2.24) is 0 Å². The fraction of sp³-hybridized carbons (Fsp3) is 0.214. The molecule has 1 atom stereocenters. The van der Waals surface area contributed by atoms with E-state index in [1.54, 1.807) is 6.07 Å². The van der Waals surface area contributed by atoms with Gasteiger partial charge in [0.1, 0.15) is 22.7 Å². The summed E-state index contributed by atoms with van der Waals surface area (Å²) in [4.78, 5) is 11.0. The number of furan rings is 1. The Kier molecular flexibility index (Phi) is 3.40. The molecule has 1 aromatic heterocycles. The van der Waals surface area contributed by atoms with Crippen LogP contribution in [0.3, 0.4) is 0 Å². The number of halogens is 1. The molecule has 0 aliphatic heterocycles. The third-order valence-corrected chi connectivity index (χ3v) is 2.82. The Balaban J connectivity index is 2.32. The van der Waals surface area contributed by atoms with E-state index in [0.29, 0.717) is 5.56 Å². The fourth-order valence-electron chi connectivity index (χ4n) is 2.02. The highest BCUT2D eigenvalue weighted by molar-refractivity contribution is 5.89. The number of benzene rings is 1. The highest BCUT2D eigenvalue weighted by Gasteiger charge is 2.32. The van der Waals surface area contributed by atoms with Crippen molar-refractivity contribution in [2.45, 2.75) is 18.9 Å². The lowest BCUT2D eigenvalue weighted by molar-refractivity contribution is 0.0311. The van der Waals surface area contributed by atoms with Gasteiger partial charge in [0.05, 0.1) is 6.26 Å². The van der Waals surface area contributed by atoms with Gasteiger partial charge in [0.2, 0.25) is 0 Å². The van der Waals surface area contributed by atoms with Gasteiger partial charge in [-0.25, -0.2) is 9.18 Å². The Hall–Kier alpha value is -2.14. The summed E-state index contributed by atoms with van der Waals surface area (Å²) >= 11 is 0. The van der Waals surface area contributed by atoms with Crippen molar-refractivity contribution in [3.8, 4) is 0 Å². The van der Waals surface area contributed by atoms with E-state index in [9.17, 15) is 14.3 Å². The standard InChI is InChI=1S/C14H13FO4/c1-14(18,8-9-3-2-4-10(15)7-9)12-11(13(16)17)5-6-19-12/h2-7,18H,8H2,1H3,(H,16,17). The summed E-state index contributed by atoms with van der Waals surface area (Å²) in [5.74, 6) is -1.63. The van der Waals surface area contributed by atoms with E-state index in [4.69, 9.17) is 9.52 Å². The summed E-state index contributed by atoms with van der Waals surface area (Å²) in [5.41, 5.74) is -1.07. The highest BCUT2D eigenvalue weighted by atomic mass is 19.1. The third kappa shape index (κ3) is 2.82. The Labute approximate surface area is 109 Å². The molecule has 2 rings (SSSR count). The van der Waals surface area contributed by atoms with Crippen LogP contribution in [-0.4, -0.2) is 16.2 Å². The molecule has 1 heterocycles. The molecule has 0 amide bonds. The third-order valence-electron chi connectivity index (χ3n) is 2.82. The minimum atomic E-state index is -1.52. The number of carboxylic acids is 1. The number of hydrogen-bond donors (Lipinski definition) is 2. The number of carbonyl (C=O) groups is 1. The molecule has 0 spiro atoms. The second-order valence-corrected chi connectivity index (χ2v) is 4.55. The second-order valence-electron chi connectivity index (χ2n) is 4.55. The Morgan fingerprint density at radius 2 is 2.16 bits per heavy atom. The van der Waals surface area contributed by atoms with E-state index in [2.05, 4.69) is 0 Å². The van der Waals surface area contributed by atoms with Gasteiger partial charge >= 0.3 is 5.97 Å². The molecule has 19 heavy (non-hydrogen) atoms. The van der Waals surface area contributed by atoms with Gasteiger partial charge in [-0.1, -0.05) is 12.1 Å². The highest BCUT2D eigenvalue weighted by Crippen LogP contribution is 2.29. The van der Waals surface area contributed by atoms with E-state index < -0.39 is 17.4 Å². The lowest BCUT2D eigenvalue weighted by atomic mass is 9.92. The molecule has 0 saturated heterocycles. The number of hydrogen-bond acceptors (Lipinski definition) is 3. The molecule has 0 aliphatic carbocycles. The average Bonchev–Trinajstić information content (AvgIpc) is 2.77. The maximum Gasteiger partial charge on any atom is 0.339 e. The van der Waals surface area contributed by atoms with Gasteiger partial charge in [0.15, 0.2) is 0 Å². The molecule has 2 aromatic rings. The van der Waals surface area contributed by atoms with Crippen molar-refractivity contribution in [2.75, 3.05) is 0 Å². The van der Waals surface area contributed by atoms with Crippen LogP contribution in [-0.2, 0) is 12.0 Å². The summed E-state index contributed by atoms with van der Waals surface area (Å²) < 4.78 is 18.2. The molecular formula is C14H13FO4. The zero-order valence-corrected chi connectivity index (χ0v) is 10.3. The SMILES string of the molecule is CC(O)(Cc1cccc(F)c1)c1occc1C(=O)O. The Morgan fingerprint density at radius 3 is 2.79 bits per heavy atom. The van der Waals surface area contributed by atoms with Crippen molar-refractivity contribution < 1.29 is 23.8 Å². The number of rotatable bonds is 4. The van der Waals surface area contributed by atoms with E-state index in [1.807, 2.05) is 0 Å². The molecule has 100 valence electrons. The monoisotopic (exact) mass is 264 g/mol. The van der Waals surface area contributed by atoms with Crippen LogP contribution in [0.1, 0.15) is 28.6 Å². The molecule has 1 unspecified atom stereocenters. The molecule has 5 heteroatoms. The normalized spacial score (nSPS) is 14.1. The quantitative estimate of drug-likeness (QED) is 0.890. The first kappa shape index (κ1) is 13.3. The van der Waals surface area contributed by atoms with E-state index in [0.717, 1.165) is 0 Å². The number of carboxylic acid groups (broad SMARTS) is 1. The minimum absolute atomic E-state index is 0.0377. The van der Waals surface area contributed by atoms with E-state index >= 15 is 0 Å². The van der Waals surface area contributed by atoms with Gasteiger partial charge < -0.3 is 14.6 Å². The first-order valence-corrected chi connectivity index (χ1v) is 5.68. The van der Waals surface area contributed by atoms with Crippen molar-refractivity contribution in [1.29, 1.82) is 0 Å². The van der Waals surface area contributed by atoms with Crippen LogP contribution in [0.4, 0.5) is 4.39 Å². The molecule has 0 saturated carbocycles. The van der Waals surface area contributed by atoms with Crippen LogP contribution in [0.25, 0.3) is 0 Å². The molecule has 1 aromatic carbocycles. The van der Waals surface area contributed by atoms with Gasteiger partial charge in [0.25, 0.3) is 0 Å². The van der Waals surface area contributed by atoms with Gasteiger partial charge in [-0.05, 0) is 30.7 Å². The number of aromatic carboxylic acids is 1. The van der Waals surface area contributed by atoms with Crippen LogP contribution in [0.15, 0.2) is 41.0 Å². The van der Waals surface area contributed by atoms with Gasteiger partial charge in [-0.2, -0.15) is 0 Å². The van der Waals surface area contributed by atoms with Gasteiger partial charge in [-0.3, -0.25) is 0 Å². The van der Waals surface area contributed by atoms with Crippen LogP contribution < -0.4 is 0 Å². The van der Waals surface area contributed by atoms with E-state index in [1.165, 1.54) is 37.5 Å². The Bertz CT molecular complexity index is 601. The van der Waals surface area contributed by atoms with Gasteiger partial charge in [0, 0.05) is 6.42 Å². The van der Waals surface area contributed by atoms with Crippen molar-refractivity contribution >= 4 is 5.97 Å². The largest absolute Gasteiger partial charge is 0.478 e. The molecule has 4 nitrogen and oxygen atoms in total. The van der Waals surface area contributed by atoms with Crippen LogP contribution in [0.5, 0.6) is 0 Å². The lowest BCUT2D eigenvalue weighted by Crippen LogP contribution is -2.26. The predicted molar refractivity (Wildman–Crippen MR) is 65.3 cm³/mol. The van der Waals surface area contributed by atoms with Crippen molar-refractivity contribution in [3.63, 3.8) is 0 Å². The maximum absolute atomic E-state index is 13.1. The molecule has 0 radical (unpaired) electrons. The fourth-order valence-corrected chi connectivity index (χ4v) is 2.02. The molecule has 0 fully saturated rings. The van der Waals surface area contributed by atoms with Crippen molar-refractivity contribution in [2.24, 2.45) is 0 Å². The average molecular weight is 264 g/mol. The summed E-state index contributed by atoms with van der Waals surface area (Å²) in [5, 5.41) is 19.4. The molecular weight excluding hydrogens is 251 g/mol. The van der Waals surface area contributed by atoms with Gasteiger partial charge in [-0.15, -0.1) is 0 Å². The lowest BCUT2D eigenvalue weighted by Gasteiger charge is -2.21. The topological polar surface area (TPSA) is 70.7 Å². The predicted octanol–water partition coefficient (Wildman–Crippen LogP) is 2.57. The summed E-state index contributed by atoms with van der Waals surface area (Å²) in [6, 6.07) is 7.05. The zero-order chi connectivity index (χ0) is 14.0. The summed E-state index contributed by atoms with van der Waals surface area (Å²) in [6.07, 6.45) is 1.26. The van der Waals surface area contributed by atoms with Crippen molar-refractivity contribution in [3.05, 3.63) is 59.3 Å². The first-order chi connectivity index (χ1) is 8.90. The Morgan fingerprint density at radius 1 is 1.42 bits per heavy atom. The first-order valence-electron chi connectivity index (χ1n) is 5.68. The number of aliphatic hydroxyl groups is 1. The summed E-state index contributed by atoms with van der Waals surface area (Å²) in [7, 11) is 0. The van der Waals surface area contributed by atoms with E-state index in [-0.39, 0.29) is 17.7 Å². The second kappa shape index (κ2) is 4.85. The zero-order valence-electron chi connectivity index (χ0n) is 10.3. The minimum Gasteiger partial charge on any atom is -0.478 e. The molecule has 2 N–H and O–H groups in total. The smallest absolute Gasteiger partial charge is 0.339 e.